The van der Waals surface area contributed by atoms with Crippen molar-refractivity contribution in [3.8, 4) is 5.75 Å². The fourth-order valence-electron chi connectivity index (χ4n) is 2.17. The van der Waals surface area contributed by atoms with Gasteiger partial charge in [0.25, 0.3) is 5.91 Å². The quantitative estimate of drug-likeness (QED) is 0.793. The van der Waals surface area contributed by atoms with Gasteiger partial charge in [0.1, 0.15) is 5.75 Å². The number of hydrogen-bond donors (Lipinski definition) is 1. The molecule has 5 heteroatoms. The van der Waals surface area contributed by atoms with Crippen molar-refractivity contribution in [2.45, 2.75) is 19.8 Å². The Labute approximate surface area is 135 Å². The maximum Gasteiger partial charge on any atom is 0.287 e. The monoisotopic (exact) mass is 312 g/mol. The van der Waals surface area contributed by atoms with E-state index in [2.05, 4.69) is 10.3 Å². The normalized spacial score (nSPS) is 10.2. The molecule has 0 saturated heterocycles. The van der Waals surface area contributed by atoms with E-state index in [-0.39, 0.29) is 6.42 Å². The number of hydrogen-bond acceptors (Lipinski definition) is 4. The van der Waals surface area contributed by atoms with Crippen LogP contribution in [0.25, 0.3) is 0 Å². The minimum Gasteiger partial charge on any atom is -0.497 e. The Bertz CT molecular complexity index is 681. The summed E-state index contributed by atoms with van der Waals surface area (Å²) >= 11 is 0. The highest BCUT2D eigenvalue weighted by atomic mass is 16.5. The van der Waals surface area contributed by atoms with E-state index in [1.807, 2.05) is 37.3 Å². The third-order valence-electron chi connectivity index (χ3n) is 3.58. The van der Waals surface area contributed by atoms with Gasteiger partial charge in [-0.3, -0.25) is 14.6 Å². The maximum absolute atomic E-state index is 11.9. The standard InChI is InChI=1S/C18H20N2O3/c1-13-15(4-3-10-19-13)12-17(21)18(22)20-11-9-14-5-7-16(23-2)8-6-14/h3-8,10H,9,11-12H2,1-2H3,(H,20,22). The predicted octanol–water partition coefficient (Wildman–Crippen LogP) is 1.87. The van der Waals surface area contributed by atoms with Crippen LogP contribution in [-0.2, 0) is 22.4 Å². The fourth-order valence-corrected chi connectivity index (χ4v) is 2.17. The molecule has 1 N–H and O–H groups in total. The molecule has 1 amide bonds. The van der Waals surface area contributed by atoms with Gasteiger partial charge in [0.15, 0.2) is 0 Å². The van der Waals surface area contributed by atoms with Gasteiger partial charge < -0.3 is 10.1 Å². The fraction of sp³-hybridized carbons (Fsp3) is 0.278. The molecular formula is C18H20N2O3. The van der Waals surface area contributed by atoms with Crippen LogP contribution in [0.3, 0.4) is 0 Å². The summed E-state index contributed by atoms with van der Waals surface area (Å²) in [4.78, 5) is 27.9. The molecule has 120 valence electrons. The average molecular weight is 312 g/mol. The molecule has 0 spiro atoms. The minimum absolute atomic E-state index is 0.0774. The molecule has 0 aliphatic carbocycles. The number of Topliss-reactive ketones (excluding diaryl/α,β-unsaturated/α-hetero) is 1. The number of nitrogens with one attached hydrogen (secondary N) is 1. The van der Waals surface area contributed by atoms with Crippen molar-refractivity contribution < 1.29 is 14.3 Å². The molecule has 0 saturated carbocycles. The minimum atomic E-state index is -0.554. The number of rotatable bonds is 7. The first-order valence-electron chi connectivity index (χ1n) is 7.44. The summed E-state index contributed by atoms with van der Waals surface area (Å²) in [5.74, 6) is -0.211. The number of methoxy groups -OCH3 is 1. The Morgan fingerprint density at radius 1 is 1.17 bits per heavy atom. The molecule has 1 heterocycles. The van der Waals surface area contributed by atoms with E-state index >= 15 is 0 Å². The van der Waals surface area contributed by atoms with Gasteiger partial charge in [0.05, 0.1) is 7.11 Å². The van der Waals surface area contributed by atoms with Gasteiger partial charge >= 0.3 is 0 Å². The van der Waals surface area contributed by atoms with E-state index < -0.39 is 11.7 Å². The lowest BCUT2D eigenvalue weighted by molar-refractivity contribution is -0.137. The molecule has 2 rings (SSSR count). The van der Waals surface area contributed by atoms with E-state index in [9.17, 15) is 9.59 Å². The first-order chi connectivity index (χ1) is 11.1. The molecule has 0 radical (unpaired) electrons. The van der Waals surface area contributed by atoms with E-state index in [1.165, 1.54) is 0 Å². The Morgan fingerprint density at radius 3 is 2.57 bits per heavy atom. The number of ether oxygens (including phenoxy) is 1. The van der Waals surface area contributed by atoms with Crippen molar-refractivity contribution in [3.63, 3.8) is 0 Å². The molecule has 0 fully saturated rings. The number of benzene rings is 1. The lowest BCUT2D eigenvalue weighted by Gasteiger charge is -2.07. The topological polar surface area (TPSA) is 68.3 Å². The molecule has 2 aromatic rings. The number of aromatic nitrogens is 1. The molecular weight excluding hydrogens is 292 g/mol. The summed E-state index contributed by atoms with van der Waals surface area (Å²) in [5.41, 5.74) is 2.62. The molecule has 1 aromatic heterocycles. The molecule has 1 aromatic carbocycles. The Kier molecular flexibility index (Phi) is 5.86. The summed E-state index contributed by atoms with van der Waals surface area (Å²) in [6.45, 7) is 2.24. The van der Waals surface area contributed by atoms with Crippen LogP contribution in [0.4, 0.5) is 0 Å². The summed E-state index contributed by atoms with van der Waals surface area (Å²) < 4.78 is 5.09. The number of ketones is 1. The van der Waals surface area contributed by atoms with Crippen LogP contribution in [0, 0.1) is 6.92 Å². The number of carbonyl (C=O) groups excluding carboxylic acids is 2. The van der Waals surface area contributed by atoms with Crippen LogP contribution in [0.1, 0.15) is 16.8 Å². The van der Waals surface area contributed by atoms with Gasteiger partial charge in [0.2, 0.25) is 5.78 Å². The second kappa shape index (κ2) is 8.08. The van der Waals surface area contributed by atoms with Crippen LogP contribution < -0.4 is 10.1 Å². The number of carbonyl (C=O) groups is 2. The van der Waals surface area contributed by atoms with Gasteiger partial charge in [-0.2, -0.15) is 0 Å². The third kappa shape index (κ3) is 4.92. The van der Waals surface area contributed by atoms with E-state index in [0.29, 0.717) is 13.0 Å². The van der Waals surface area contributed by atoms with E-state index in [0.717, 1.165) is 22.6 Å². The maximum atomic E-state index is 11.9. The first kappa shape index (κ1) is 16.7. The molecule has 0 unspecified atom stereocenters. The van der Waals surface area contributed by atoms with Crippen LogP contribution in [-0.4, -0.2) is 30.3 Å². The van der Waals surface area contributed by atoms with Crippen molar-refractivity contribution >= 4 is 11.7 Å². The molecule has 23 heavy (non-hydrogen) atoms. The highest BCUT2D eigenvalue weighted by Crippen LogP contribution is 2.11. The van der Waals surface area contributed by atoms with Crippen molar-refractivity contribution in [2.75, 3.05) is 13.7 Å². The predicted molar refractivity (Wildman–Crippen MR) is 87.4 cm³/mol. The molecule has 0 aliphatic heterocycles. The number of pyridine rings is 1. The summed E-state index contributed by atoms with van der Waals surface area (Å²) in [6.07, 6.45) is 2.40. The third-order valence-corrected chi connectivity index (χ3v) is 3.58. The van der Waals surface area contributed by atoms with Gasteiger partial charge in [0, 0.05) is 24.9 Å². The second-order valence-electron chi connectivity index (χ2n) is 5.20. The average Bonchev–Trinajstić information content (AvgIpc) is 2.57. The molecule has 0 aliphatic rings. The van der Waals surface area contributed by atoms with Gasteiger partial charge in [-0.15, -0.1) is 0 Å². The van der Waals surface area contributed by atoms with Crippen LogP contribution in [0.5, 0.6) is 5.75 Å². The van der Waals surface area contributed by atoms with Gasteiger partial charge in [-0.1, -0.05) is 18.2 Å². The Hall–Kier alpha value is -2.69. The molecule has 0 bridgehead atoms. The highest BCUT2D eigenvalue weighted by molar-refractivity contribution is 6.36. The second-order valence-corrected chi connectivity index (χ2v) is 5.20. The van der Waals surface area contributed by atoms with Crippen LogP contribution in [0.15, 0.2) is 42.6 Å². The lowest BCUT2D eigenvalue weighted by atomic mass is 10.1. The Morgan fingerprint density at radius 2 is 1.91 bits per heavy atom. The van der Waals surface area contributed by atoms with Crippen molar-refractivity contribution in [3.05, 3.63) is 59.4 Å². The molecule has 0 atom stereocenters. The van der Waals surface area contributed by atoms with Gasteiger partial charge in [-0.05, 0) is 42.7 Å². The summed E-state index contributed by atoms with van der Waals surface area (Å²) in [5, 5.41) is 2.66. The van der Waals surface area contributed by atoms with Crippen molar-refractivity contribution in [2.24, 2.45) is 0 Å². The largest absolute Gasteiger partial charge is 0.497 e. The lowest BCUT2D eigenvalue weighted by Crippen LogP contribution is -2.33. The van der Waals surface area contributed by atoms with E-state index in [1.54, 1.807) is 19.4 Å². The van der Waals surface area contributed by atoms with Crippen molar-refractivity contribution in [1.29, 1.82) is 0 Å². The zero-order chi connectivity index (χ0) is 16.7. The van der Waals surface area contributed by atoms with E-state index in [4.69, 9.17) is 4.74 Å². The van der Waals surface area contributed by atoms with Crippen molar-refractivity contribution in [1.82, 2.24) is 10.3 Å². The molecule has 5 nitrogen and oxygen atoms in total. The number of amides is 1. The first-order valence-corrected chi connectivity index (χ1v) is 7.44. The number of nitrogens with zero attached hydrogens (tertiary/aromatic N) is 1. The summed E-state index contributed by atoms with van der Waals surface area (Å²) in [7, 11) is 1.62. The zero-order valence-corrected chi connectivity index (χ0v) is 13.3. The van der Waals surface area contributed by atoms with Crippen LogP contribution >= 0.6 is 0 Å². The zero-order valence-electron chi connectivity index (χ0n) is 13.3. The smallest absolute Gasteiger partial charge is 0.287 e. The number of aryl methyl sites for hydroxylation is 1. The van der Waals surface area contributed by atoms with Crippen LogP contribution in [0.2, 0.25) is 0 Å². The van der Waals surface area contributed by atoms with Gasteiger partial charge in [-0.25, -0.2) is 0 Å². The SMILES string of the molecule is COc1ccc(CCNC(=O)C(=O)Cc2cccnc2C)cc1. The Balaban J connectivity index is 1.79. The highest BCUT2D eigenvalue weighted by Gasteiger charge is 2.14. The summed E-state index contributed by atoms with van der Waals surface area (Å²) in [6, 6.07) is 11.2.